The number of aryl methyl sites for hydroxylation is 1. The van der Waals surface area contributed by atoms with Crippen molar-refractivity contribution in [3.05, 3.63) is 81.0 Å². The molecule has 1 atom stereocenters. The molecule has 1 amide bonds. The molecule has 3 heterocycles. The van der Waals surface area contributed by atoms with Crippen molar-refractivity contribution in [2.75, 3.05) is 27.9 Å². The summed E-state index contributed by atoms with van der Waals surface area (Å²) in [4.78, 5) is 31.5. The van der Waals surface area contributed by atoms with Gasteiger partial charge in [0.05, 0.1) is 33.8 Å². The molecule has 0 radical (unpaired) electrons. The Kier molecular flexibility index (Phi) is 6.75. The molecule has 0 saturated carbocycles. The third-order valence-corrected chi connectivity index (χ3v) is 7.11. The minimum absolute atomic E-state index is 0.00261. The summed E-state index contributed by atoms with van der Waals surface area (Å²) < 4.78 is 22.4. The number of methoxy groups -OCH3 is 3. The van der Waals surface area contributed by atoms with Crippen LogP contribution >= 0.6 is 0 Å². The Morgan fingerprint density at radius 2 is 1.79 bits per heavy atom. The molecule has 9 nitrogen and oxygen atoms in total. The van der Waals surface area contributed by atoms with Crippen LogP contribution in [0.5, 0.6) is 23.0 Å². The van der Waals surface area contributed by atoms with E-state index in [0.29, 0.717) is 41.7 Å². The first kappa shape index (κ1) is 25.3. The number of aromatic amines is 1. The van der Waals surface area contributed by atoms with Crippen molar-refractivity contribution in [1.29, 1.82) is 0 Å². The molecule has 2 aromatic heterocycles. The third kappa shape index (κ3) is 4.44. The Labute approximate surface area is 219 Å². The van der Waals surface area contributed by atoms with Crippen LogP contribution in [0.25, 0.3) is 10.9 Å². The minimum atomic E-state index is -0.825. The van der Waals surface area contributed by atoms with E-state index in [0.717, 1.165) is 17.6 Å². The Morgan fingerprint density at radius 1 is 1.08 bits per heavy atom. The van der Waals surface area contributed by atoms with Gasteiger partial charge in [-0.2, -0.15) is 0 Å². The summed E-state index contributed by atoms with van der Waals surface area (Å²) in [6.07, 6.45) is 0.654. The predicted molar refractivity (Wildman–Crippen MR) is 141 cm³/mol. The summed E-state index contributed by atoms with van der Waals surface area (Å²) in [5, 5.41) is 11.9. The lowest BCUT2D eigenvalue weighted by atomic mass is 9.90. The van der Waals surface area contributed by atoms with Crippen LogP contribution in [0.4, 0.5) is 0 Å². The maximum absolute atomic E-state index is 13.8. The lowest BCUT2D eigenvalue weighted by Crippen LogP contribution is -2.36. The van der Waals surface area contributed by atoms with Gasteiger partial charge in [-0.05, 0) is 31.0 Å². The van der Waals surface area contributed by atoms with E-state index in [2.05, 4.69) is 11.1 Å². The van der Waals surface area contributed by atoms with Crippen LogP contribution in [-0.2, 0) is 17.8 Å². The summed E-state index contributed by atoms with van der Waals surface area (Å²) in [6, 6.07) is 12.7. The Hall–Kier alpha value is -4.40. The molecule has 0 unspecified atom stereocenters. The number of aromatic nitrogens is 1. The number of benzene rings is 2. The van der Waals surface area contributed by atoms with Gasteiger partial charge < -0.3 is 33.6 Å². The van der Waals surface area contributed by atoms with Crippen LogP contribution in [0.3, 0.4) is 0 Å². The van der Waals surface area contributed by atoms with Crippen LogP contribution in [0.1, 0.15) is 40.7 Å². The number of nitrogens with one attached hydrogen (secondary N) is 1. The summed E-state index contributed by atoms with van der Waals surface area (Å²) in [6.45, 7) is 2.60. The standard InChI is InChI=1S/C29H30N2O7/c1-16-11-23(32)28(34)29(38-16)20(19-12-25(36-3)26(37-4)14-24(19)35-2)13-27(33)31-10-9-18-17-7-5-6-8-21(17)30-22(18)15-31/h5-8,11-12,14,20,30,34H,9-10,13,15H2,1-4H3/t20-/m0/s1. The molecule has 38 heavy (non-hydrogen) atoms. The zero-order valence-electron chi connectivity index (χ0n) is 21.8. The molecule has 0 saturated heterocycles. The van der Waals surface area contributed by atoms with E-state index in [1.807, 2.05) is 18.2 Å². The fourth-order valence-corrected chi connectivity index (χ4v) is 5.24. The number of carbonyl (C=O) groups is 1. The van der Waals surface area contributed by atoms with E-state index in [-0.39, 0.29) is 18.1 Å². The second-order valence-electron chi connectivity index (χ2n) is 9.33. The fourth-order valence-electron chi connectivity index (χ4n) is 5.24. The Balaban J connectivity index is 1.55. The van der Waals surface area contributed by atoms with E-state index in [9.17, 15) is 14.7 Å². The molecular weight excluding hydrogens is 488 g/mol. The molecule has 0 fully saturated rings. The lowest BCUT2D eigenvalue weighted by molar-refractivity contribution is -0.132. The van der Waals surface area contributed by atoms with Gasteiger partial charge in [0, 0.05) is 47.3 Å². The molecule has 2 N–H and O–H groups in total. The first-order valence-corrected chi connectivity index (χ1v) is 12.3. The van der Waals surface area contributed by atoms with Gasteiger partial charge in [0.15, 0.2) is 17.3 Å². The molecule has 2 aromatic carbocycles. The number of aromatic hydroxyl groups is 1. The third-order valence-electron chi connectivity index (χ3n) is 7.11. The number of carbonyl (C=O) groups excluding carboxylic acids is 1. The maximum Gasteiger partial charge on any atom is 0.227 e. The highest BCUT2D eigenvalue weighted by atomic mass is 16.5. The summed E-state index contributed by atoms with van der Waals surface area (Å²) in [7, 11) is 4.51. The second-order valence-corrected chi connectivity index (χ2v) is 9.33. The average molecular weight is 519 g/mol. The Bertz CT molecular complexity index is 1570. The second kappa shape index (κ2) is 10.2. The van der Waals surface area contributed by atoms with Crippen molar-refractivity contribution in [1.82, 2.24) is 9.88 Å². The van der Waals surface area contributed by atoms with Crippen molar-refractivity contribution in [2.24, 2.45) is 0 Å². The SMILES string of the molecule is COc1cc(OC)c([C@H](CC(=O)N2CCc3c([nH]c4ccccc34)C2)c2oc(C)cc(=O)c2O)cc1OC. The van der Waals surface area contributed by atoms with E-state index in [4.69, 9.17) is 18.6 Å². The molecule has 1 aliphatic rings. The number of para-hydroxylation sites is 1. The average Bonchev–Trinajstić information content (AvgIpc) is 3.30. The largest absolute Gasteiger partial charge is 0.502 e. The van der Waals surface area contributed by atoms with Crippen molar-refractivity contribution < 1.29 is 28.5 Å². The van der Waals surface area contributed by atoms with Crippen LogP contribution in [0.2, 0.25) is 0 Å². The predicted octanol–water partition coefficient (Wildman–Crippen LogP) is 4.27. The van der Waals surface area contributed by atoms with Crippen LogP contribution in [0.15, 0.2) is 51.7 Å². The molecule has 0 spiro atoms. The first-order valence-electron chi connectivity index (χ1n) is 12.3. The van der Waals surface area contributed by atoms with Gasteiger partial charge in [0.25, 0.3) is 0 Å². The number of fused-ring (bicyclic) bond motifs is 3. The highest BCUT2D eigenvalue weighted by Gasteiger charge is 2.32. The molecule has 0 aliphatic carbocycles. The number of nitrogens with zero attached hydrogens (tertiary/aromatic N) is 1. The summed E-state index contributed by atoms with van der Waals surface area (Å²) >= 11 is 0. The van der Waals surface area contributed by atoms with Crippen molar-refractivity contribution >= 4 is 16.8 Å². The van der Waals surface area contributed by atoms with Crippen molar-refractivity contribution in [3.8, 4) is 23.0 Å². The number of H-pyrrole nitrogens is 1. The van der Waals surface area contributed by atoms with Gasteiger partial charge >= 0.3 is 0 Å². The molecule has 4 aromatic rings. The molecule has 0 bridgehead atoms. The van der Waals surface area contributed by atoms with Gasteiger partial charge in [-0.1, -0.05) is 18.2 Å². The topological polar surface area (TPSA) is 114 Å². The van der Waals surface area contributed by atoms with Gasteiger partial charge in [-0.15, -0.1) is 0 Å². The van der Waals surface area contributed by atoms with Gasteiger partial charge in [0.2, 0.25) is 17.1 Å². The Morgan fingerprint density at radius 3 is 2.53 bits per heavy atom. The molecular formula is C29H30N2O7. The van der Waals surface area contributed by atoms with Crippen LogP contribution < -0.4 is 19.6 Å². The van der Waals surface area contributed by atoms with Gasteiger partial charge in [0.1, 0.15) is 11.5 Å². The summed E-state index contributed by atoms with van der Waals surface area (Å²) in [5.41, 5.74) is 3.22. The van der Waals surface area contributed by atoms with Crippen molar-refractivity contribution in [3.63, 3.8) is 0 Å². The number of ether oxygens (including phenoxy) is 3. The minimum Gasteiger partial charge on any atom is -0.502 e. The molecule has 5 rings (SSSR count). The fraction of sp³-hybridized carbons (Fsp3) is 0.310. The molecule has 198 valence electrons. The number of amides is 1. The number of rotatable bonds is 7. The monoisotopic (exact) mass is 518 g/mol. The molecule has 9 heteroatoms. The first-order chi connectivity index (χ1) is 18.3. The highest BCUT2D eigenvalue weighted by Crippen LogP contribution is 2.43. The van der Waals surface area contributed by atoms with Crippen LogP contribution in [0, 0.1) is 6.92 Å². The van der Waals surface area contributed by atoms with E-state index >= 15 is 0 Å². The van der Waals surface area contributed by atoms with E-state index in [1.165, 1.54) is 38.3 Å². The number of hydrogen-bond donors (Lipinski definition) is 2. The van der Waals surface area contributed by atoms with Crippen LogP contribution in [-0.4, -0.2) is 48.8 Å². The highest BCUT2D eigenvalue weighted by molar-refractivity contribution is 5.86. The van der Waals surface area contributed by atoms with Crippen molar-refractivity contribution in [2.45, 2.75) is 32.2 Å². The molecule has 1 aliphatic heterocycles. The van der Waals surface area contributed by atoms with Gasteiger partial charge in [-0.25, -0.2) is 0 Å². The maximum atomic E-state index is 13.8. The number of hydrogen-bond acceptors (Lipinski definition) is 7. The normalized spacial score (nSPS) is 13.7. The smallest absolute Gasteiger partial charge is 0.227 e. The zero-order chi connectivity index (χ0) is 27.0. The quantitative estimate of drug-likeness (QED) is 0.376. The summed E-state index contributed by atoms with van der Waals surface area (Å²) in [5.74, 6) is 0.0555. The van der Waals surface area contributed by atoms with E-state index in [1.54, 1.807) is 24.0 Å². The zero-order valence-corrected chi connectivity index (χ0v) is 21.8. The van der Waals surface area contributed by atoms with E-state index < -0.39 is 17.1 Å². The van der Waals surface area contributed by atoms with Gasteiger partial charge in [-0.3, -0.25) is 9.59 Å². The lowest BCUT2D eigenvalue weighted by Gasteiger charge is -2.29.